The van der Waals surface area contributed by atoms with Crippen LogP contribution in [-0.4, -0.2) is 58.9 Å². The lowest BCUT2D eigenvalue weighted by Gasteiger charge is -2.34. The summed E-state index contributed by atoms with van der Waals surface area (Å²) in [6, 6.07) is 12.5. The Bertz CT molecular complexity index is 982. The molecule has 0 aliphatic carbocycles. The Hall–Kier alpha value is -2.93. The molecule has 1 aromatic carbocycles. The molecule has 1 N–H and O–H groups in total. The Labute approximate surface area is 189 Å². The van der Waals surface area contributed by atoms with Crippen LogP contribution in [0.5, 0.6) is 0 Å². The van der Waals surface area contributed by atoms with E-state index in [1.807, 2.05) is 35.2 Å². The highest BCUT2D eigenvalue weighted by Gasteiger charge is 2.26. The van der Waals surface area contributed by atoms with E-state index in [0.717, 1.165) is 38.0 Å². The second kappa shape index (κ2) is 10.6. The minimum Gasteiger partial charge on any atom is -0.348 e. The Morgan fingerprint density at radius 3 is 2.53 bits per heavy atom. The Morgan fingerprint density at radius 1 is 0.969 bits per heavy atom. The van der Waals surface area contributed by atoms with Gasteiger partial charge >= 0.3 is 0 Å². The van der Waals surface area contributed by atoms with Crippen LogP contribution in [0.1, 0.15) is 41.6 Å². The molecule has 170 valence electrons. The molecule has 2 aliphatic rings. The molecule has 1 aromatic heterocycles. The molecule has 2 saturated heterocycles. The lowest BCUT2D eigenvalue weighted by atomic mass is 9.97. The molecule has 0 spiro atoms. The summed E-state index contributed by atoms with van der Waals surface area (Å²) in [4.78, 5) is 42.2. The molecule has 1 atom stereocenters. The average molecular weight is 437 g/mol. The van der Waals surface area contributed by atoms with Gasteiger partial charge in [0.1, 0.15) is 6.54 Å². The SMILES string of the molecule is O=C(NCc1ccccc1)c1ccc(=O)n(CC(=O)N2CCC[C@H](CN3CCCC3)C2)c1. The van der Waals surface area contributed by atoms with Crippen LogP contribution in [0.2, 0.25) is 0 Å². The minimum atomic E-state index is -0.274. The minimum absolute atomic E-state index is 0.0327. The Balaban J connectivity index is 1.35. The Morgan fingerprint density at radius 2 is 1.75 bits per heavy atom. The summed E-state index contributed by atoms with van der Waals surface area (Å²) in [6.45, 7) is 5.25. The smallest absolute Gasteiger partial charge is 0.253 e. The number of carbonyl (C=O) groups is 2. The lowest BCUT2D eigenvalue weighted by molar-refractivity contribution is -0.133. The molecular formula is C25H32N4O3. The van der Waals surface area contributed by atoms with E-state index in [-0.39, 0.29) is 23.9 Å². The monoisotopic (exact) mass is 436 g/mol. The zero-order valence-electron chi connectivity index (χ0n) is 18.5. The first-order valence-electron chi connectivity index (χ1n) is 11.6. The first-order chi connectivity index (χ1) is 15.6. The predicted molar refractivity (Wildman–Crippen MR) is 123 cm³/mol. The van der Waals surface area contributed by atoms with Crippen LogP contribution in [0.4, 0.5) is 0 Å². The van der Waals surface area contributed by atoms with Gasteiger partial charge in [-0.15, -0.1) is 0 Å². The molecule has 2 fully saturated rings. The van der Waals surface area contributed by atoms with E-state index in [1.165, 1.54) is 48.8 Å². The molecule has 3 heterocycles. The van der Waals surface area contributed by atoms with E-state index in [2.05, 4.69) is 10.2 Å². The third kappa shape index (κ3) is 5.85. The first kappa shape index (κ1) is 22.3. The van der Waals surface area contributed by atoms with Crippen molar-refractivity contribution in [2.75, 3.05) is 32.7 Å². The van der Waals surface area contributed by atoms with Crippen LogP contribution in [0.3, 0.4) is 0 Å². The highest BCUT2D eigenvalue weighted by Crippen LogP contribution is 2.20. The zero-order chi connectivity index (χ0) is 22.3. The number of amides is 2. The van der Waals surface area contributed by atoms with Crippen LogP contribution >= 0.6 is 0 Å². The number of nitrogens with one attached hydrogen (secondary N) is 1. The number of pyridine rings is 1. The van der Waals surface area contributed by atoms with Crippen molar-refractivity contribution in [2.24, 2.45) is 5.92 Å². The van der Waals surface area contributed by atoms with Gasteiger partial charge < -0.3 is 19.7 Å². The number of likely N-dealkylation sites (tertiary alicyclic amines) is 2. The van der Waals surface area contributed by atoms with E-state index in [9.17, 15) is 14.4 Å². The van der Waals surface area contributed by atoms with E-state index in [1.54, 1.807) is 0 Å². The van der Waals surface area contributed by atoms with E-state index in [4.69, 9.17) is 0 Å². The molecule has 7 nitrogen and oxygen atoms in total. The second-order valence-corrected chi connectivity index (χ2v) is 8.91. The van der Waals surface area contributed by atoms with Crippen molar-refractivity contribution in [2.45, 2.75) is 38.8 Å². The van der Waals surface area contributed by atoms with E-state index >= 15 is 0 Å². The molecule has 32 heavy (non-hydrogen) atoms. The van der Waals surface area contributed by atoms with Crippen molar-refractivity contribution in [1.82, 2.24) is 19.7 Å². The number of aromatic nitrogens is 1. The summed E-state index contributed by atoms with van der Waals surface area (Å²) in [7, 11) is 0. The number of hydrogen-bond donors (Lipinski definition) is 1. The van der Waals surface area contributed by atoms with Gasteiger partial charge in [0.05, 0.1) is 5.56 Å². The maximum atomic E-state index is 12.9. The number of carbonyl (C=O) groups excluding carboxylic acids is 2. The average Bonchev–Trinajstić information content (AvgIpc) is 3.33. The molecule has 0 saturated carbocycles. The van der Waals surface area contributed by atoms with Gasteiger partial charge in [-0.1, -0.05) is 30.3 Å². The fraction of sp³-hybridized carbons (Fsp3) is 0.480. The second-order valence-electron chi connectivity index (χ2n) is 8.91. The van der Waals surface area contributed by atoms with Crippen molar-refractivity contribution < 1.29 is 9.59 Å². The molecule has 7 heteroatoms. The Kier molecular flexibility index (Phi) is 7.37. The third-order valence-electron chi connectivity index (χ3n) is 6.43. The van der Waals surface area contributed by atoms with Gasteiger partial charge in [-0.05, 0) is 56.3 Å². The van der Waals surface area contributed by atoms with Gasteiger partial charge in [-0.3, -0.25) is 14.4 Å². The summed E-state index contributed by atoms with van der Waals surface area (Å²) in [5.74, 6) is 0.177. The topological polar surface area (TPSA) is 74.6 Å². The van der Waals surface area contributed by atoms with Crippen LogP contribution in [0.15, 0.2) is 53.5 Å². The molecule has 2 aliphatic heterocycles. The summed E-state index contributed by atoms with van der Waals surface area (Å²) in [6.07, 6.45) is 6.19. The van der Waals surface area contributed by atoms with Gasteiger partial charge in [0.15, 0.2) is 0 Å². The summed E-state index contributed by atoms with van der Waals surface area (Å²) >= 11 is 0. The van der Waals surface area contributed by atoms with Gasteiger partial charge in [-0.25, -0.2) is 0 Å². The summed E-state index contributed by atoms with van der Waals surface area (Å²) in [5.41, 5.74) is 1.10. The maximum Gasteiger partial charge on any atom is 0.253 e. The third-order valence-corrected chi connectivity index (χ3v) is 6.43. The van der Waals surface area contributed by atoms with Crippen molar-refractivity contribution >= 4 is 11.8 Å². The van der Waals surface area contributed by atoms with Crippen LogP contribution in [-0.2, 0) is 17.9 Å². The van der Waals surface area contributed by atoms with Gasteiger partial charge in [0.2, 0.25) is 5.91 Å². The van der Waals surface area contributed by atoms with Crippen molar-refractivity contribution in [3.8, 4) is 0 Å². The molecule has 0 bridgehead atoms. The molecule has 0 unspecified atom stereocenters. The number of piperidine rings is 1. The number of rotatable bonds is 7. The summed E-state index contributed by atoms with van der Waals surface area (Å²) in [5, 5.41) is 2.86. The predicted octanol–water partition coefficient (Wildman–Crippen LogP) is 2.11. The highest BCUT2D eigenvalue weighted by molar-refractivity contribution is 5.93. The first-order valence-corrected chi connectivity index (χ1v) is 11.6. The van der Waals surface area contributed by atoms with Crippen molar-refractivity contribution in [3.63, 3.8) is 0 Å². The zero-order valence-corrected chi connectivity index (χ0v) is 18.5. The van der Waals surface area contributed by atoms with E-state index in [0.29, 0.717) is 18.0 Å². The quantitative estimate of drug-likeness (QED) is 0.722. The van der Waals surface area contributed by atoms with Gasteiger partial charge in [-0.2, -0.15) is 0 Å². The van der Waals surface area contributed by atoms with Crippen LogP contribution in [0, 0.1) is 5.92 Å². The molecule has 2 aromatic rings. The fourth-order valence-corrected chi connectivity index (χ4v) is 4.69. The largest absolute Gasteiger partial charge is 0.348 e. The van der Waals surface area contributed by atoms with Crippen LogP contribution in [0.25, 0.3) is 0 Å². The maximum absolute atomic E-state index is 12.9. The van der Waals surface area contributed by atoms with Crippen molar-refractivity contribution in [3.05, 3.63) is 70.1 Å². The van der Waals surface area contributed by atoms with Crippen molar-refractivity contribution in [1.29, 1.82) is 0 Å². The van der Waals surface area contributed by atoms with Gasteiger partial charge in [0, 0.05) is 38.4 Å². The van der Waals surface area contributed by atoms with E-state index < -0.39 is 0 Å². The van der Waals surface area contributed by atoms with Gasteiger partial charge in [0.25, 0.3) is 11.5 Å². The number of hydrogen-bond acceptors (Lipinski definition) is 4. The molecule has 0 radical (unpaired) electrons. The lowest BCUT2D eigenvalue weighted by Crippen LogP contribution is -2.45. The molecular weight excluding hydrogens is 404 g/mol. The standard InChI is InChI=1S/C25H32N4O3/c30-23-11-10-22(25(32)26-15-20-7-2-1-3-8-20)18-29(23)19-24(31)28-14-6-9-21(17-28)16-27-12-4-5-13-27/h1-3,7-8,10-11,18,21H,4-6,9,12-17,19H2,(H,26,32)/t21-/m1/s1. The normalized spacial score (nSPS) is 19.1. The highest BCUT2D eigenvalue weighted by atomic mass is 16.2. The summed E-state index contributed by atoms with van der Waals surface area (Å²) < 4.78 is 1.35. The number of nitrogens with zero attached hydrogens (tertiary/aromatic N) is 3. The molecule has 4 rings (SSSR count). The van der Waals surface area contributed by atoms with Crippen LogP contribution < -0.4 is 10.9 Å². The number of benzene rings is 1. The molecule has 2 amide bonds. The fourth-order valence-electron chi connectivity index (χ4n) is 4.69.